The summed E-state index contributed by atoms with van der Waals surface area (Å²) < 4.78 is 0. The van der Waals surface area contributed by atoms with Gasteiger partial charge >= 0.3 is 0 Å². The van der Waals surface area contributed by atoms with Crippen molar-refractivity contribution >= 4 is 5.91 Å². The monoisotopic (exact) mass is 602 g/mol. The molecule has 3 N–H and O–H groups in total. The van der Waals surface area contributed by atoms with Crippen LogP contribution in [0.2, 0.25) is 0 Å². The molecule has 0 bridgehead atoms. The lowest BCUT2D eigenvalue weighted by Crippen LogP contribution is -2.45. The van der Waals surface area contributed by atoms with Crippen molar-refractivity contribution in [1.29, 1.82) is 0 Å². The van der Waals surface area contributed by atoms with Gasteiger partial charge < -0.3 is 15.5 Å². The number of carbonyl (C=O) groups is 1. The van der Waals surface area contributed by atoms with Gasteiger partial charge in [-0.05, 0) is 70.6 Å². The Hall–Kier alpha value is -1.65. The molecule has 43 heavy (non-hydrogen) atoms. The summed E-state index contributed by atoms with van der Waals surface area (Å²) in [4.78, 5) is 12.3. The van der Waals surface area contributed by atoms with Crippen LogP contribution in [0.15, 0.2) is 48.6 Å². The summed E-state index contributed by atoms with van der Waals surface area (Å²) in [6, 6.07) is -0.648. The smallest absolute Gasteiger partial charge is 0.220 e. The highest BCUT2D eigenvalue weighted by molar-refractivity contribution is 5.76. The van der Waals surface area contributed by atoms with Crippen LogP contribution in [-0.2, 0) is 4.79 Å². The highest BCUT2D eigenvalue weighted by Gasteiger charge is 2.17. The third-order valence-electron chi connectivity index (χ3n) is 8.01. The Balaban J connectivity index is 3.74. The number of aliphatic hydroxyl groups is 2. The summed E-state index contributed by atoms with van der Waals surface area (Å²) in [6.45, 7) is 4.25. The molecule has 4 nitrogen and oxygen atoms in total. The lowest BCUT2D eigenvalue weighted by atomic mass is 10.1. The zero-order valence-electron chi connectivity index (χ0n) is 28.5. The molecule has 2 atom stereocenters. The van der Waals surface area contributed by atoms with E-state index >= 15 is 0 Å². The summed E-state index contributed by atoms with van der Waals surface area (Å²) in [5.74, 6) is -0.0905. The van der Waals surface area contributed by atoms with Crippen LogP contribution in [0, 0.1) is 0 Å². The van der Waals surface area contributed by atoms with Crippen LogP contribution in [-0.4, -0.2) is 34.9 Å². The molecule has 2 unspecified atom stereocenters. The van der Waals surface area contributed by atoms with Gasteiger partial charge in [0.15, 0.2) is 0 Å². The fourth-order valence-corrected chi connectivity index (χ4v) is 5.14. The Morgan fingerprint density at radius 1 is 0.535 bits per heavy atom. The van der Waals surface area contributed by atoms with Gasteiger partial charge in [0, 0.05) is 6.42 Å². The molecular weight excluding hydrogens is 530 g/mol. The second kappa shape index (κ2) is 34.8. The van der Waals surface area contributed by atoms with E-state index in [2.05, 4.69) is 55.6 Å². The average Bonchev–Trinajstić information content (AvgIpc) is 3.01. The third kappa shape index (κ3) is 31.6. The molecule has 0 aromatic carbocycles. The molecule has 0 aromatic rings. The van der Waals surface area contributed by atoms with Gasteiger partial charge in [0.25, 0.3) is 0 Å². The maximum absolute atomic E-state index is 12.3. The minimum Gasteiger partial charge on any atom is -0.394 e. The second-order valence-corrected chi connectivity index (χ2v) is 12.3. The topological polar surface area (TPSA) is 69.6 Å². The summed E-state index contributed by atoms with van der Waals surface area (Å²) in [5.41, 5.74) is 0. The van der Waals surface area contributed by atoms with Gasteiger partial charge in [-0.2, -0.15) is 0 Å². The van der Waals surface area contributed by atoms with Gasteiger partial charge in [0.05, 0.1) is 18.8 Å². The molecule has 1 amide bonds. The highest BCUT2D eigenvalue weighted by Crippen LogP contribution is 2.11. The molecule has 0 fully saturated rings. The molecule has 0 aliphatic rings. The van der Waals surface area contributed by atoms with E-state index in [4.69, 9.17) is 0 Å². The normalized spacial score (nSPS) is 13.7. The average molecular weight is 602 g/mol. The number of amides is 1. The van der Waals surface area contributed by atoms with E-state index in [1.165, 1.54) is 103 Å². The van der Waals surface area contributed by atoms with Crippen molar-refractivity contribution in [2.75, 3.05) is 6.61 Å². The molecule has 0 saturated carbocycles. The van der Waals surface area contributed by atoms with E-state index in [-0.39, 0.29) is 12.5 Å². The molecule has 0 aliphatic carbocycles. The van der Waals surface area contributed by atoms with Crippen molar-refractivity contribution < 1.29 is 15.0 Å². The summed E-state index contributed by atoms with van der Waals surface area (Å²) in [6.07, 6.45) is 46.2. The van der Waals surface area contributed by atoms with Crippen LogP contribution in [0.4, 0.5) is 0 Å². The van der Waals surface area contributed by atoms with Crippen LogP contribution in [0.5, 0.6) is 0 Å². The number of rotatable bonds is 32. The molecular formula is C39H71NO3. The molecule has 0 aliphatic heterocycles. The number of nitrogens with one attached hydrogen (secondary N) is 1. The third-order valence-corrected chi connectivity index (χ3v) is 8.01. The number of unbranched alkanes of at least 4 members (excludes halogenated alkanes) is 19. The fraction of sp³-hybridized carbons (Fsp3) is 0.769. The molecule has 250 valence electrons. The molecule has 0 radical (unpaired) electrons. The predicted molar refractivity (Wildman–Crippen MR) is 188 cm³/mol. The first-order valence-corrected chi connectivity index (χ1v) is 18.4. The number of aliphatic hydroxyl groups excluding tert-OH is 2. The lowest BCUT2D eigenvalue weighted by Gasteiger charge is -2.19. The van der Waals surface area contributed by atoms with Gasteiger partial charge in [-0.1, -0.05) is 146 Å². The van der Waals surface area contributed by atoms with Crippen LogP contribution >= 0.6 is 0 Å². The van der Waals surface area contributed by atoms with Gasteiger partial charge in [0.2, 0.25) is 5.91 Å². The molecule has 0 saturated heterocycles. The molecule has 0 rings (SSSR count). The van der Waals surface area contributed by atoms with E-state index < -0.39 is 12.1 Å². The molecule has 0 spiro atoms. The summed E-state index contributed by atoms with van der Waals surface area (Å²) in [7, 11) is 0. The number of carbonyl (C=O) groups excluding carboxylic acids is 1. The first-order chi connectivity index (χ1) is 21.2. The van der Waals surface area contributed by atoms with Crippen molar-refractivity contribution in [2.24, 2.45) is 0 Å². The maximum atomic E-state index is 12.3. The molecule has 0 heterocycles. The van der Waals surface area contributed by atoms with Gasteiger partial charge in [-0.25, -0.2) is 0 Å². The number of allylic oxidation sites excluding steroid dienone is 7. The van der Waals surface area contributed by atoms with E-state index in [9.17, 15) is 15.0 Å². The number of hydrogen-bond acceptors (Lipinski definition) is 3. The number of hydrogen-bond donors (Lipinski definition) is 3. The van der Waals surface area contributed by atoms with E-state index in [0.717, 1.165) is 51.4 Å². The van der Waals surface area contributed by atoms with Gasteiger partial charge in [0.1, 0.15) is 0 Å². The zero-order chi connectivity index (χ0) is 31.5. The highest BCUT2D eigenvalue weighted by atomic mass is 16.3. The molecule has 4 heteroatoms. The minimum absolute atomic E-state index is 0.0905. The Morgan fingerprint density at radius 3 is 1.37 bits per heavy atom. The van der Waals surface area contributed by atoms with Crippen molar-refractivity contribution in [3.8, 4) is 0 Å². The fourth-order valence-electron chi connectivity index (χ4n) is 5.14. The van der Waals surface area contributed by atoms with E-state index in [0.29, 0.717) is 6.42 Å². The largest absolute Gasteiger partial charge is 0.394 e. The summed E-state index contributed by atoms with van der Waals surface area (Å²) in [5, 5.41) is 22.8. The second-order valence-electron chi connectivity index (χ2n) is 12.3. The van der Waals surface area contributed by atoms with Crippen molar-refractivity contribution in [1.82, 2.24) is 5.32 Å². The van der Waals surface area contributed by atoms with Crippen LogP contribution < -0.4 is 5.32 Å². The Labute approximate surface area is 267 Å². The van der Waals surface area contributed by atoms with Gasteiger partial charge in [-0.3, -0.25) is 4.79 Å². The first kappa shape index (κ1) is 41.4. The van der Waals surface area contributed by atoms with E-state index in [1.807, 2.05) is 6.08 Å². The lowest BCUT2D eigenvalue weighted by molar-refractivity contribution is -0.123. The predicted octanol–water partition coefficient (Wildman–Crippen LogP) is 10.8. The Morgan fingerprint density at radius 2 is 0.907 bits per heavy atom. The maximum Gasteiger partial charge on any atom is 0.220 e. The standard InChI is InChI=1S/C39H71NO3/c1-3-5-7-9-11-13-15-17-18-19-20-21-23-24-26-28-30-32-34-38(42)37(36-41)40-39(43)35-33-31-29-27-25-22-16-14-12-10-8-6-4-2/h14,16,19-20,24,26,32,34,37-38,41-42H,3-13,15,17-18,21-23,25,27-31,33,35-36H2,1-2H3,(H,40,43)/b16-14-,20-19+,26-24+,34-32+. The Bertz CT molecular complexity index is 697. The first-order valence-electron chi connectivity index (χ1n) is 18.4. The minimum atomic E-state index is -0.871. The summed E-state index contributed by atoms with van der Waals surface area (Å²) >= 11 is 0. The SMILES string of the molecule is CCCCCC/C=C\CCCCCCCC(=O)NC(CO)C(O)/C=C/CC/C=C/CC/C=C/CCCCCCCCCC. The van der Waals surface area contributed by atoms with Crippen molar-refractivity contribution in [2.45, 2.75) is 187 Å². The van der Waals surface area contributed by atoms with E-state index in [1.54, 1.807) is 6.08 Å². The van der Waals surface area contributed by atoms with Gasteiger partial charge in [-0.15, -0.1) is 0 Å². The van der Waals surface area contributed by atoms with Crippen LogP contribution in [0.1, 0.15) is 174 Å². The van der Waals surface area contributed by atoms with Crippen molar-refractivity contribution in [3.05, 3.63) is 48.6 Å². The molecule has 0 aromatic heterocycles. The zero-order valence-corrected chi connectivity index (χ0v) is 28.5. The Kier molecular flexibility index (Phi) is 33.5. The van der Waals surface area contributed by atoms with Crippen molar-refractivity contribution in [3.63, 3.8) is 0 Å². The van der Waals surface area contributed by atoms with Crippen LogP contribution in [0.3, 0.4) is 0 Å². The quantitative estimate of drug-likeness (QED) is 0.0530. The van der Waals surface area contributed by atoms with Crippen LogP contribution in [0.25, 0.3) is 0 Å².